The van der Waals surface area contributed by atoms with Gasteiger partial charge in [-0.25, -0.2) is 0 Å². The molecule has 124 valence electrons. The van der Waals surface area contributed by atoms with Crippen molar-refractivity contribution < 1.29 is 0 Å². The van der Waals surface area contributed by atoms with Crippen LogP contribution < -0.4 is 5.32 Å². The number of nitrogens with zero attached hydrogens (tertiary/aromatic N) is 1. The van der Waals surface area contributed by atoms with Crippen LogP contribution in [0, 0.1) is 6.92 Å². The summed E-state index contributed by atoms with van der Waals surface area (Å²) in [5, 5.41) is 7.32. The van der Waals surface area contributed by atoms with Crippen LogP contribution in [0.4, 0.5) is 0 Å². The van der Waals surface area contributed by atoms with Crippen LogP contribution in [0.15, 0.2) is 53.9 Å². The zero-order valence-electron chi connectivity index (χ0n) is 14.2. The minimum atomic E-state index is 0.348. The molecule has 1 saturated heterocycles. The summed E-state index contributed by atoms with van der Waals surface area (Å²) in [6.45, 7) is 6.64. The average molecular weight is 337 g/mol. The van der Waals surface area contributed by atoms with Gasteiger partial charge in [-0.1, -0.05) is 48.0 Å². The predicted octanol–water partition coefficient (Wildman–Crippen LogP) is 4.59. The van der Waals surface area contributed by atoms with Crippen molar-refractivity contribution in [3.8, 4) is 0 Å². The van der Waals surface area contributed by atoms with Crippen molar-refractivity contribution in [1.82, 2.24) is 10.2 Å². The van der Waals surface area contributed by atoms with E-state index < -0.39 is 0 Å². The monoisotopic (exact) mass is 336 g/mol. The molecule has 1 fully saturated rings. The molecule has 0 bridgehead atoms. The summed E-state index contributed by atoms with van der Waals surface area (Å²) in [7, 11) is 0. The van der Waals surface area contributed by atoms with E-state index in [4.69, 9.17) is 0 Å². The third kappa shape index (κ3) is 3.12. The van der Waals surface area contributed by atoms with Gasteiger partial charge in [0.1, 0.15) is 0 Å². The van der Waals surface area contributed by atoms with E-state index in [0.29, 0.717) is 6.04 Å². The first-order chi connectivity index (χ1) is 11.8. The van der Waals surface area contributed by atoms with Crippen LogP contribution in [-0.4, -0.2) is 31.1 Å². The van der Waals surface area contributed by atoms with E-state index >= 15 is 0 Å². The van der Waals surface area contributed by atoms with Crippen molar-refractivity contribution >= 4 is 21.4 Å². The van der Waals surface area contributed by atoms with E-state index in [-0.39, 0.29) is 0 Å². The summed E-state index contributed by atoms with van der Waals surface area (Å²) >= 11 is 1.87. The Morgan fingerprint density at radius 2 is 1.96 bits per heavy atom. The molecule has 24 heavy (non-hydrogen) atoms. The van der Waals surface area contributed by atoms with Gasteiger partial charge in [-0.2, -0.15) is 0 Å². The van der Waals surface area contributed by atoms with Gasteiger partial charge in [0.05, 0.1) is 6.04 Å². The third-order valence-corrected chi connectivity index (χ3v) is 5.88. The van der Waals surface area contributed by atoms with E-state index in [2.05, 4.69) is 71.1 Å². The van der Waals surface area contributed by atoms with Gasteiger partial charge in [0.2, 0.25) is 0 Å². The fraction of sp³-hybridized carbons (Fsp3) is 0.333. The maximum atomic E-state index is 3.54. The van der Waals surface area contributed by atoms with E-state index in [0.717, 1.165) is 26.2 Å². The average Bonchev–Trinajstić information content (AvgIpc) is 2.83. The Labute approximate surface area is 148 Å². The molecule has 1 N–H and O–H groups in total. The van der Waals surface area contributed by atoms with Crippen LogP contribution in [0.1, 0.15) is 29.2 Å². The molecule has 1 aliphatic heterocycles. The van der Waals surface area contributed by atoms with Gasteiger partial charge < -0.3 is 5.32 Å². The van der Waals surface area contributed by atoms with Gasteiger partial charge in [-0.05, 0) is 47.8 Å². The Bertz CT molecular complexity index is 815. The van der Waals surface area contributed by atoms with Crippen molar-refractivity contribution in [2.75, 3.05) is 26.2 Å². The van der Waals surface area contributed by atoms with Crippen LogP contribution in [0.25, 0.3) is 10.1 Å². The molecule has 2 heterocycles. The molecule has 1 atom stereocenters. The highest BCUT2D eigenvalue weighted by Crippen LogP contribution is 2.37. The van der Waals surface area contributed by atoms with Gasteiger partial charge >= 0.3 is 0 Å². The molecule has 1 unspecified atom stereocenters. The molecule has 1 aromatic heterocycles. The van der Waals surface area contributed by atoms with E-state index in [1.165, 1.54) is 33.2 Å². The minimum absolute atomic E-state index is 0.348. The van der Waals surface area contributed by atoms with Crippen molar-refractivity contribution in [2.24, 2.45) is 0 Å². The first-order valence-corrected chi connectivity index (χ1v) is 9.68. The Morgan fingerprint density at radius 1 is 1.04 bits per heavy atom. The van der Waals surface area contributed by atoms with E-state index in [9.17, 15) is 0 Å². The Kier molecular flexibility index (Phi) is 4.65. The van der Waals surface area contributed by atoms with E-state index in [1.807, 2.05) is 11.3 Å². The van der Waals surface area contributed by atoms with Crippen LogP contribution >= 0.6 is 11.3 Å². The normalized spacial score (nSPS) is 17.7. The number of hydrogen-bond acceptors (Lipinski definition) is 3. The molecule has 4 rings (SSSR count). The predicted molar refractivity (Wildman–Crippen MR) is 104 cm³/mol. The van der Waals surface area contributed by atoms with Gasteiger partial charge in [-0.15, -0.1) is 11.3 Å². The highest BCUT2D eigenvalue weighted by molar-refractivity contribution is 7.17. The summed E-state index contributed by atoms with van der Waals surface area (Å²) in [5.74, 6) is 0. The molecule has 3 heteroatoms. The van der Waals surface area contributed by atoms with Gasteiger partial charge in [-0.3, -0.25) is 4.90 Å². The fourth-order valence-electron chi connectivity index (χ4n) is 3.76. The molecule has 2 aromatic carbocycles. The molecule has 1 aliphatic rings. The second-order valence-electron chi connectivity index (χ2n) is 6.64. The number of benzene rings is 2. The Hall–Kier alpha value is -1.68. The summed E-state index contributed by atoms with van der Waals surface area (Å²) in [6, 6.07) is 18.2. The van der Waals surface area contributed by atoms with Crippen LogP contribution in [0.3, 0.4) is 0 Å². The number of thiophene rings is 1. The van der Waals surface area contributed by atoms with Crippen LogP contribution in [0.2, 0.25) is 0 Å². The van der Waals surface area contributed by atoms with Crippen molar-refractivity contribution in [3.63, 3.8) is 0 Å². The minimum Gasteiger partial charge on any atom is -0.315 e. The van der Waals surface area contributed by atoms with E-state index in [1.54, 1.807) is 0 Å². The first-order valence-electron chi connectivity index (χ1n) is 8.80. The van der Waals surface area contributed by atoms with Crippen molar-refractivity contribution in [2.45, 2.75) is 19.4 Å². The maximum absolute atomic E-state index is 3.54. The highest BCUT2D eigenvalue weighted by Gasteiger charge is 2.25. The smallest absolute Gasteiger partial charge is 0.0616 e. The summed E-state index contributed by atoms with van der Waals surface area (Å²) in [5.41, 5.74) is 4.22. The zero-order valence-corrected chi connectivity index (χ0v) is 15.0. The summed E-state index contributed by atoms with van der Waals surface area (Å²) in [4.78, 5) is 2.66. The molecular weight excluding hydrogens is 312 g/mol. The Balaban J connectivity index is 1.83. The first kappa shape index (κ1) is 15.8. The summed E-state index contributed by atoms with van der Waals surface area (Å²) < 4.78 is 1.39. The summed E-state index contributed by atoms with van der Waals surface area (Å²) in [6.07, 6.45) is 1.21. The maximum Gasteiger partial charge on any atom is 0.0616 e. The quantitative estimate of drug-likeness (QED) is 0.752. The third-order valence-electron chi connectivity index (χ3n) is 4.90. The lowest BCUT2D eigenvalue weighted by atomic mass is 9.95. The topological polar surface area (TPSA) is 15.3 Å². The number of rotatable bonds is 3. The van der Waals surface area contributed by atoms with Gasteiger partial charge in [0.15, 0.2) is 0 Å². The second kappa shape index (κ2) is 7.06. The molecule has 0 radical (unpaired) electrons. The van der Waals surface area contributed by atoms with Gasteiger partial charge in [0.25, 0.3) is 0 Å². The standard InChI is InChI=1S/C21H24N2S/c1-16-6-4-7-17(14-16)21(23-12-5-10-22-11-13-23)19-15-24-20-9-3-2-8-18(19)20/h2-4,6-9,14-15,21-22H,5,10-13H2,1H3. The molecule has 3 aromatic rings. The number of hydrogen-bond donors (Lipinski definition) is 1. The molecule has 0 saturated carbocycles. The zero-order chi connectivity index (χ0) is 16.4. The lowest BCUT2D eigenvalue weighted by Gasteiger charge is -2.31. The van der Waals surface area contributed by atoms with Gasteiger partial charge in [0, 0.05) is 24.3 Å². The second-order valence-corrected chi connectivity index (χ2v) is 7.55. The number of fused-ring (bicyclic) bond motifs is 1. The lowest BCUT2D eigenvalue weighted by Crippen LogP contribution is -2.33. The van der Waals surface area contributed by atoms with Crippen molar-refractivity contribution in [3.05, 3.63) is 70.6 Å². The van der Waals surface area contributed by atoms with Crippen molar-refractivity contribution in [1.29, 1.82) is 0 Å². The fourth-order valence-corrected chi connectivity index (χ4v) is 4.74. The number of nitrogens with one attached hydrogen (secondary N) is 1. The van der Waals surface area contributed by atoms with Crippen LogP contribution in [-0.2, 0) is 0 Å². The Morgan fingerprint density at radius 3 is 2.88 bits per heavy atom. The number of aryl methyl sites for hydroxylation is 1. The largest absolute Gasteiger partial charge is 0.315 e. The highest BCUT2D eigenvalue weighted by atomic mass is 32.1. The molecule has 2 nitrogen and oxygen atoms in total. The molecule has 0 amide bonds. The molecule has 0 spiro atoms. The SMILES string of the molecule is Cc1cccc(C(c2csc3ccccc23)N2CCCNCC2)c1. The van der Waals surface area contributed by atoms with Crippen LogP contribution in [0.5, 0.6) is 0 Å². The molecule has 0 aliphatic carbocycles. The molecular formula is C21H24N2S. The lowest BCUT2D eigenvalue weighted by molar-refractivity contribution is 0.242.